The first-order chi connectivity index (χ1) is 11.0. The Hall–Kier alpha value is -2.48. The zero-order valence-electron chi connectivity index (χ0n) is 12.2. The summed E-state index contributed by atoms with van der Waals surface area (Å²) < 4.78 is 0. The van der Waals surface area contributed by atoms with E-state index < -0.39 is 5.91 Å². The number of anilines is 2. The van der Waals surface area contributed by atoms with E-state index in [9.17, 15) is 4.79 Å². The molecule has 2 aromatic carbocycles. The first-order valence-corrected chi connectivity index (χ1v) is 7.44. The van der Waals surface area contributed by atoms with Crippen LogP contribution in [0.1, 0.15) is 5.56 Å². The molecule has 0 atom stereocenters. The highest BCUT2D eigenvalue weighted by Crippen LogP contribution is 2.22. The maximum atomic E-state index is 12.1. The second kappa shape index (κ2) is 7.68. The predicted octanol–water partition coefficient (Wildman–Crippen LogP) is 4.76. The maximum absolute atomic E-state index is 12.1. The molecule has 0 radical (unpaired) electrons. The van der Waals surface area contributed by atoms with Gasteiger partial charge >= 0.3 is 0 Å². The molecular weight excluding hydrogens is 333 g/mol. The molecule has 116 valence electrons. The fourth-order valence-electron chi connectivity index (χ4n) is 1.78. The standard InChI is InChI=1S/C17H13Cl2N3O/c1-11-2-4-15(5-3-11)22-17(23)12(9-20)10-21-16-7-13(18)6-14(19)8-16/h2-8,10,21H,1H3,(H,22,23)/b12-10-. The van der Waals surface area contributed by atoms with Gasteiger partial charge in [0.25, 0.3) is 5.91 Å². The van der Waals surface area contributed by atoms with E-state index in [1.807, 2.05) is 25.1 Å². The Labute approximate surface area is 144 Å². The lowest BCUT2D eigenvalue weighted by atomic mass is 10.2. The number of nitrogens with zero attached hydrogens (tertiary/aromatic N) is 1. The number of carbonyl (C=O) groups excluding carboxylic acids is 1. The molecule has 0 aliphatic carbocycles. The molecule has 0 fully saturated rings. The van der Waals surface area contributed by atoms with Crippen LogP contribution in [-0.2, 0) is 4.79 Å². The Balaban J connectivity index is 2.10. The van der Waals surface area contributed by atoms with Gasteiger partial charge in [-0.1, -0.05) is 40.9 Å². The molecule has 2 rings (SSSR count). The van der Waals surface area contributed by atoms with E-state index >= 15 is 0 Å². The van der Waals surface area contributed by atoms with Crippen molar-refractivity contribution in [3.63, 3.8) is 0 Å². The van der Waals surface area contributed by atoms with Crippen molar-refractivity contribution in [1.29, 1.82) is 5.26 Å². The minimum absolute atomic E-state index is 0.0679. The molecule has 0 aliphatic heterocycles. The summed E-state index contributed by atoms with van der Waals surface area (Å²) in [5.41, 5.74) is 2.21. The molecule has 0 saturated carbocycles. The van der Waals surface area contributed by atoms with Gasteiger partial charge in [-0.3, -0.25) is 4.79 Å². The molecule has 0 bridgehead atoms. The number of aryl methyl sites for hydroxylation is 1. The largest absolute Gasteiger partial charge is 0.360 e. The second-order valence-corrected chi connectivity index (χ2v) is 5.67. The van der Waals surface area contributed by atoms with E-state index in [1.54, 1.807) is 30.3 Å². The van der Waals surface area contributed by atoms with Gasteiger partial charge in [0.05, 0.1) is 0 Å². The molecule has 2 N–H and O–H groups in total. The molecule has 6 heteroatoms. The number of rotatable bonds is 4. The number of hydrogen-bond acceptors (Lipinski definition) is 3. The van der Waals surface area contributed by atoms with Crippen LogP contribution in [0, 0.1) is 18.3 Å². The summed E-state index contributed by atoms with van der Waals surface area (Å²) in [5, 5.41) is 15.5. The van der Waals surface area contributed by atoms with Gasteiger partial charge in [-0.15, -0.1) is 0 Å². The predicted molar refractivity (Wildman–Crippen MR) is 93.6 cm³/mol. The maximum Gasteiger partial charge on any atom is 0.267 e. The molecule has 0 heterocycles. The van der Waals surface area contributed by atoms with Crippen molar-refractivity contribution in [2.24, 2.45) is 0 Å². The number of carbonyl (C=O) groups is 1. The number of nitriles is 1. The highest BCUT2D eigenvalue weighted by Gasteiger charge is 2.09. The van der Waals surface area contributed by atoms with Crippen molar-refractivity contribution in [2.75, 3.05) is 10.6 Å². The van der Waals surface area contributed by atoms with Crippen LogP contribution in [0.15, 0.2) is 54.2 Å². The number of benzene rings is 2. The zero-order chi connectivity index (χ0) is 16.8. The Bertz CT molecular complexity index is 772. The lowest BCUT2D eigenvalue weighted by molar-refractivity contribution is -0.112. The molecule has 0 aromatic heterocycles. The van der Waals surface area contributed by atoms with Gasteiger partial charge in [-0.25, -0.2) is 0 Å². The van der Waals surface area contributed by atoms with E-state index in [0.717, 1.165) is 5.56 Å². The number of hydrogen-bond donors (Lipinski definition) is 2. The van der Waals surface area contributed by atoms with Crippen molar-refractivity contribution in [3.05, 3.63) is 69.8 Å². The smallest absolute Gasteiger partial charge is 0.267 e. The van der Waals surface area contributed by atoms with E-state index in [1.165, 1.54) is 6.20 Å². The van der Waals surface area contributed by atoms with Crippen molar-refractivity contribution in [2.45, 2.75) is 6.92 Å². The lowest BCUT2D eigenvalue weighted by Crippen LogP contribution is -2.14. The molecule has 1 amide bonds. The number of nitrogens with one attached hydrogen (secondary N) is 2. The van der Waals surface area contributed by atoms with E-state index in [-0.39, 0.29) is 5.57 Å². The fourth-order valence-corrected chi connectivity index (χ4v) is 2.30. The summed E-state index contributed by atoms with van der Waals surface area (Å²) in [6, 6.07) is 14.0. The van der Waals surface area contributed by atoms with Crippen LogP contribution >= 0.6 is 23.2 Å². The Morgan fingerprint density at radius 1 is 1.09 bits per heavy atom. The zero-order valence-corrected chi connectivity index (χ0v) is 13.7. The van der Waals surface area contributed by atoms with Crippen molar-refractivity contribution >= 4 is 40.5 Å². The first-order valence-electron chi connectivity index (χ1n) is 6.69. The molecule has 0 saturated heterocycles. The van der Waals surface area contributed by atoms with Gasteiger partial charge in [0.15, 0.2) is 0 Å². The third-order valence-corrected chi connectivity index (χ3v) is 3.36. The van der Waals surface area contributed by atoms with Gasteiger partial charge in [0, 0.05) is 27.6 Å². The molecule has 0 unspecified atom stereocenters. The summed E-state index contributed by atoms with van der Waals surface area (Å²) in [5.74, 6) is -0.503. The van der Waals surface area contributed by atoms with Gasteiger partial charge in [0.2, 0.25) is 0 Å². The summed E-state index contributed by atoms with van der Waals surface area (Å²) in [7, 11) is 0. The van der Waals surface area contributed by atoms with Gasteiger partial charge in [0.1, 0.15) is 11.6 Å². The molecule has 2 aromatic rings. The summed E-state index contributed by atoms with van der Waals surface area (Å²) in [6.07, 6.45) is 1.31. The van der Waals surface area contributed by atoms with E-state index in [4.69, 9.17) is 28.5 Å². The van der Waals surface area contributed by atoms with Crippen LogP contribution < -0.4 is 10.6 Å². The molecule has 0 aliphatic rings. The fraction of sp³-hybridized carbons (Fsp3) is 0.0588. The average molecular weight is 346 g/mol. The van der Waals surface area contributed by atoms with Crippen molar-refractivity contribution < 1.29 is 4.79 Å². The molecule has 23 heavy (non-hydrogen) atoms. The number of halogens is 2. The van der Waals surface area contributed by atoms with Crippen molar-refractivity contribution in [3.8, 4) is 6.07 Å². The molecular formula is C17H13Cl2N3O. The average Bonchev–Trinajstić information content (AvgIpc) is 2.49. The highest BCUT2D eigenvalue weighted by molar-refractivity contribution is 6.35. The van der Waals surface area contributed by atoms with Gasteiger partial charge < -0.3 is 10.6 Å². The SMILES string of the molecule is Cc1ccc(NC(=O)/C(C#N)=C\Nc2cc(Cl)cc(Cl)c2)cc1. The number of amides is 1. The van der Waals surface area contributed by atoms with Crippen LogP contribution in [0.2, 0.25) is 10.0 Å². The first kappa shape index (κ1) is 16.9. The van der Waals surface area contributed by atoms with Crippen molar-refractivity contribution in [1.82, 2.24) is 0 Å². The van der Waals surface area contributed by atoms with Crippen LogP contribution in [0.4, 0.5) is 11.4 Å². The van der Waals surface area contributed by atoms with E-state index in [0.29, 0.717) is 21.4 Å². The Kier molecular flexibility index (Phi) is 5.64. The van der Waals surface area contributed by atoms with Gasteiger partial charge in [-0.05, 0) is 37.3 Å². The summed E-state index contributed by atoms with van der Waals surface area (Å²) >= 11 is 11.8. The summed E-state index contributed by atoms with van der Waals surface area (Å²) in [4.78, 5) is 12.1. The normalized spacial score (nSPS) is 10.8. The lowest BCUT2D eigenvalue weighted by Gasteiger charge is -2.06. The quantitative estimate of drug-likeness (QED) is 0.620. The minimum Gasteiger partial charge on any atom is -0.360 e. The third kappa shape index (κ3) is 5.03. The molecule has 4 nitrogen and oxygen atoms in total. The Morgan fingerprint density at radius 3 is 2.26 bits per heavy atom. The minimum atomic E-state index is -0.503. The van der Waals surface area contributed by atoms with Gasteiger partial charge in [-0.2, -0.15) is 5.26 Å². The monoisotopic (exact) mass is 345 g/mol. The highest BCUT2D eigenvalue weighted by atomic mass is 35.5. The summed E-state index contributed by atoms with van der Waals surface area (Å²) in [6.45, 7) is 1.95. The van der Waals surface area contributed by atoms with Crippen LogP contribution in [0.25, 0.3) is 0 Å². The third-order valence-electron chi connectivity index (χ3n) is 2.92. The van der Waals surface area contributed by atoms with E-state index in [2.05, 4.69) is 10.6 Å². The second-order valence-electron chi connectivity index (χ2n) is 4.79. The van der Waals surface area contributed by atoms with Crippen LogP contribution in [-0.4, -0.2) is 5.91 Å². The molecule has 0 spiro atoms. The van der Waals surface area contributed by atoms with Crippen LogP contribution in [0.5, 0.6) is 0 Å². The van der Waals surface area contributed by atoms with Crippen LogP contribution in [0.3, 0.4) is 0 Å². The Morgan fingerprint density at radius 2 is 1.70 bits per heavy atom. The topological polar surface area (TPSA) is 64.9 Å².